The molecule has 0 aliphatic heterocycles. The van der Waals surface area contributed by atoms with Crippen molar-refractivity contribution in [3.05, 3.63) is 0 Å². The number of carbonyl (C=O) groups is 4. The van der Waals surface area contributed by atoms with Crippen LogP contribution in [-0.4, -0.2) is 100 Å². The Kier molecular flexibility index (Phi) is 52.2. The van der Waals surface area contributed by atoms with Crippen LogP contribution >= 0.6 is 0 Å². The van der Waals surface area contributed by atoms with E-state index in [2.05, 4.69) is 0 Å². The van der Waals surface area contributed by atoms with Crippen molar-refractivity contribution < 1.29 is 57.8 Å². The average molecular weight is 971 g/mol. The predicted molar refractivity (Wildman–Crippen MR) is 274 cm³/mol. The van der Waals surface area contributed by atoms with Crippen LogP contribution in [0.25, 0.3) is 0 Å². The number of carbonyl (C=O) groups excluding carboxylic acids is 4. The third-order valence-corrected chi connectivity index (χ3v) is 12.8. The molecule has 0 rings (SSSR count). The highest BCUT2D eigenvalue weighted by molar-refractivity contribution is 5.71. The summed E-state index contributed by atoms with van der Waals surface area (Å²) in [6, 6.07) is 0. The standard InChI is InChI=1S/C56H106O12/c1-63-45-39-33-27-31-37-43-55(61)67-51(47-57)49-65-53(59)41-35-29-25-23-21-19-17-15-13-11-9-7-5-3-4-6-8-10-12-14-16-18-20-22-24-26-30-36-42-54(60)66-50-52(48-58)68-56(62)44-38-32-28-34-40-46-64-2/h51-52,57-58H,3-50H2,1-2H3/t51-,52-/m0/s1. The van der Waals surface area contributed by atoms with Crippen LogP contribution in [-0.2, 0) is 47.6 Å². The molecule has 68 heavy (non-hydrogen) atoms. The molecule has 0 aromatic heterocycles. The lowest BCUT2D eigenvalue weighted by molar-refractivity contribution is -0.161. The quantitative estimate of drug-likeness (QED) is 0.0337. The summed E-state index contributed by atoms with van der Waals surface area (Å²) in [5, 5.41) is 19.0. The maximum atomic E-state index is 12.1. The van der Waals surface area contributed by atoms with Crippen molar-refractivity contribution in [2.45, 2.75) is 282 Å². The van der Waals surface area contributed by atoms with Crippen LogP contribution in [0.15, 0.2) is 0 Å². The van der Waals surface area contributed by atoms with Crippen LogP contribution in [0.2, 0.25) is 0 Å². The Morgan fingerprint density at radius 2 is 0.485 bits per heavy atom. The normalized spacial score (nSPS) is 12.2. The van der Waals surface area contributed by atoms with E-state index in [0.717, 1.165) is 116 Å². The second-order valence-corrected chi connectivity index (χ2v) is 19.4. The molecule has 0 spiro atoms. The summed E-state index contributed by atoms with van der Waals surface area (Å²) < 4.78 is 31.2. The highest BCUT2D eigenvalue weighted by atomic mass is 16.6. The Morgan fingerprint density at radius 1 is 0.294 bits per heavy atom. The average Bonchev–Trinajstić information content (AvgIpc) is 3.34. The van der Waals surface area contributed by atoms with E-state index in [-0.39, 0.29) is 50.3 Å². The Labute approximate surface area is 416 Å². The molecule has 0 unspecified atom stereocenters. The van der Waals surface area contributed by atoms with Crippen LogP contribution < -0.4 is 0 Å². The van der Waals surface area contributed by atoms with Crippen LogP contribution in [0.4, 0.5) is 0 Å². The number of ether oxygens (including phenoxy) is 6. The molecule has 0 aliphatic rings. The van der Waals surface area contributed by atoms with Crippen molar-refractivity contribution >= 4 is 23.9 Å². The second kappa shape index (κ2) is 54.1. The lowest BCUT2D eigenvalue weighted by Gasteiger charge is -2.15. The minimum atomic E-state index is -0.792. The number of esters is 4. The van der Waals surface area contributed by atoms with Gasteiger partial charge in [-0.1, -0.05) is 205 Å². The van der Waals surface area contributed by atoms with E-state index >= 15 is 0 Å². The maximum Gasteiger partial charge on any atom is 0.306 e. The molecule has 0 aliphatic carbocycles. The lowest BCUT2D eigenvalue weighted by atomic mass is 10.0. The number of hydrogen-bond donors (Lipinski definition) is 2. The van der Waals surface area contributed by atoms with Crippen molar-refractivity contribution in [2.75, 3.05) is 53.9 Å². The molecule has 12 nitrogen and oxygen atoms in total. The zero-order valence-corrected chi connectivity index (χ0v) is 44.1. The molecule has 0 bridgehead atoms. The smallest absolute Gasteiger partial charge is 0.306 e. The predicted octanol–water partition coefficient (Wildman–Crippen LogP) is 13.6. The number of aliphatic hydroxyl groups excluding tert-OH is 2. The van der Waals surface area contributed by atoms with Gasteiger partial charge in [0.05, 0.1) is 13.2 Å². The molecular formula is C56H106O12. The van der Waals surface area contributed by atoms with Gasteiger partial charge < -0.3 is 38.6 Å². The van der Waals surface area contributed by atoms with Crippen molar-refractivity contribution in [1.82, 2.24) is 0 Å². The number of methoxy groups -OCH3 is 2. The summed E-state index contributed by atoms with van der Waals surface area (Å²) >= 11 is 0. The van der Waals surface area contributed by atoms with E-state index in [1.165, 1.54) is 141 Å². The van der Waals surface area contributed by atoms with Gasteiger partial charge in [-0.3, -0.25) is 19.2 Å². The molecule has 0 amide bonds. The van der Waals surface area contributed by atoms with Crippen molar-refractivity contribution in [2.24, 2.45) is 0 Å². The molecular weight excluding hydrogens is 865 g/mol. The first-order chi connectivity index (χ1) is 33.4. The number of hydrogen-bond acceptors (Lipinski definition) is 12. The zero-order valence-electron chi connectivity index (χ0n) is 44.1. The van der Waals surface area contributed by atoms with Gasteiger partial charge in [0.15, 0.2) is 12.2 Å². The van der Waals surface area contributed by atoms with Crippen LogP contribution in [0, 0.1) is 0 Å². The molecule has 0 saturated heterocycles. The first kappa shape index (κ1) is 65.7. The molecule has 0 saturated carbocycles. The molecule has 0 radical (unpaired) electrons. The number of rotatable bonds is 55. The lowest BCUT2D eigenvalue weighted by Crippen LogP contribution is -2.28. The summed E-state index contributed by atoms with van der Waals surface area (Å²) in [7, 11) is 3.40. The van der Waals surface area contributed by atoms with E-state index in [1.807, 2.05) is 0 Å². The Hall–Kier alpha value is -2.28. The van der Waals surface area contributed by atoms with Crippen LogP contribution in [0.5, 0.6) is 0 Å². The molecule has 0 aromatic carbocycles. The van der Waals surface area contributed by atoms with Gasteiger partial charge >= 0.3 is 23.9 Å². The fourth-order valence-electron chi connectivity index (χ4n) is 8.48. The highest BCUT2D eigenvalue weighted by Crippen LogP contribution is 2.17. The maximum absolute atomic E-state index is 12.1. The van der Waals surface area contributed by atoms with E-state index in [0.29, 0.717) is 25.7 Å². The monoisotopic (exact) mass is 971 g/mol. The van der Waals surface area contributed by atoms with Crippen molar-refractivity contribution in [3.63, 3.8) is 0 Å². The van der Waals surface area contributed by atoms with Gasteiger partial charge in [-0.2, -0.15) is 0 Å². The highest BCUT2D eigenvalue weighted by Gasteiger charge is 2.17. The van der Waals surface area contributed by atoms with Gasteiger partial charge in [0.2, 0.25) is 0 Å². The molecule has 2 atom stereocenters. The molecule has 12 heteroatoms. The Bertz CT molecular complexity index is 1020. The largest absolute Gasteiger partial charge is 0.462 e. The van der Waals surface area contributed by atoms with E-state index < -0.39 is 12.2 Å². The minimum absolute atomic E-state index is 0.0865. The molecule has 0 fully saturated rings. The molecule has 402 valence electrons. The van der Waals surface area contributed by atoms with E-state index in [9.17, 15) is 29.4 Å². The van der Waals surface area contributed by atoms with E-state index in [1.54, 1.807) is 14.2 Å². The molecule has 2 N–H and O–H groups in total. The zero-order chi connectivity index (χ0) is 49.6. The fraction of sp³-hybridized carbons (Fsp3) is 0.929. The third-order valence-electron chi connectivity index (χ3n) is 12.8. The third kappa shape index (κ3) is 50.1. The van der Waals surface area contributed by atoms with Crippen LogP contribution in [0.1, 0.15) is 270 Å². The summed E-state index contributed by atoms with van der Waals surface area (Å²) in [5.41, 5.74) is 0. The fourth-order valence-corrected chi connectivity index (χ4v) is 8.48. The summed E-state index contributed by atoms with van der Waals surface area (Å²) in [6.45, 7) is 0.660. The van der Waals surface area contributed by atoms with E-state index in [4.69, 9.17) is 28.4 Å². The summed E-state index contributed by atoms with van der Waals surface area (Å²) in [6.07, 6.45) is 45.0. The summed E-state index contributed by atoms with van der Waals surface area (Å²) in [4.78, 5) is 48.3. The van der Waals surface area contributed by atoms with Crippen molar-refractivity contribution in [1.29, 1.82) is 0 Å². The minimum Gasteiger partial charge on any atom is -0.462 e. The molecule has 0 aromatic rings. The van der Waals surface area contributed by atoms with Crippen molar-refractivity contribution in [3.8, 4) is 0 Å². The van der Waals surface area contributed by atoms with Gasteiger partial charge in [-0.05, 0) is 38.5 Å². The van der Waals surface area contributed by atoms with Gasteiger partial charge in [-0.25, -0.2) is 0 Å². The van der Waals surface area contributed by atoms with Gasteiger partial charge in [0.25, 0.3) is 0 Å². The Morgan fingerprint density at radius 3 is 0.691 bits per heavy atom. The van der Waals surface area contributed by atoms with Crippen LogP contribution in [0.3, 0.4) is 0 Å². The molecule has 0 heterocycles. The first-order valence-electron chi connectivity index (χ1n) is 28.3. The first-order valence-corrected chi connectivity index (χ1v) is 28.3. The van der Waals surface area contributed by atoms with Gasteiger partial charge in [-0.15, -0.1) is 0 Å². The Balaban J connectivity index is 3.40. The SMILES string of the molecule is COCCCCCCCC(=O)O[C@@H](CO)COC(=O)CCCCCCCCCCCCCCCCCCCCCCCCCCCCCCC(=O)OC[C@H](CO)OC(=O)CCCCCCCOC. The van der Waals surface area contributed by atoms with Gasteiger partial charge in [0, 0.05) is 53.1 Å². The topological polar surface area (TPSA) is 164 Å². The summed E-state index contributed by atoms with van der Waals surface area (Å²) in [5.74, 6) is -1.29. The number of unbranched alkanes of at least 4 members (excludes halogenated alkanes) is 35. The van der Waals surface area contributed by atoms with Gasteiger partial charge in [0.1, 0.15) is 13.2 Å². The second-order valence-electron chi connectivity index (χ2n) is 19.4. The number of aliphatic hydroxyl groups is 2.